The van der Waals surface area contributed by atoms with Gasteiger partial charge in [0.05, 0.1) is 26.7 Å². The Kier molecular flexibility index (Phi) is 10.6. The van der Waals surface area contributed by atoms with Crippen molar-refractivity contribution in [3.05, 3.63) is 42.0 Å². The van der Waals surface area contributed by atoms with E-state index < -0.39 is 17.9 Å². The van der Waals surface area contributed by atoms with Gasteiger partial charge in [-0.1, -0.05) is 24.3 Å². The van der Waals surface area contributed by atoms with Crippen LogP contribution in [0.1, 0.15) is 5.56 Å². The van der Waals surface area contributed by atoms with Gasteiger partial charge in [0.1, 0.15) is 5.75 Å². The topological polar surface area (TPSA) is 134 Å². The normalized spacial score (nSPS) is 17.6. The molecule has 37 heavy (non-hydrogen) atoms. The van der Waals surface area contributed by atoms with Gasteiger partial charge in [-0.15, -0.1) is 0 Å². The van der Waals surface area contributed by atoms with Crippen molar-refractivity contribution in [2.24, 2.45) is 0 Å². The number of rotatable bonds is 9. The maximum Gasteiger partial charge on any atom is 0.317 e. The van der Waals surface area contributed by atoms with Crippen LogP contribution in [0.4, 0.5) is 0 Å². The Balaban J connectivity index is 1.83. The highest BCUT2D eigenvalue weighted by molar-refractivity contribution is 5.85. The van der Waals surface area contributed by atoms with Crippen LogP contribution in [0.3, 0.4) is 0 Å². The van der Waals surface area contributed by atoms with Gasteiger partial charge in [-0.3, -0.25) is 34.0 Å². The number of carboxylic acids is 3. The Hall–Kier alpha value is -3.25. The molecule has 1 heterocycles. The fourth-order valence-electron chi connectivity index (χ4n) is 4.61. The predicted octanol–water partition coefficient (Wildman–Crippen LogP) is 0.824. The molecule has 3 N–H and O–H groups in total. The first-order valence-electron chi connectivity index (χ1n) is 12.3. The Morgan fingerprint density at radius 2 is 1.05 bits per heavy atom. The van der Waals surface area contributed by atoms with Gasteiger partial charge < -0.3 is 20.1 Å². The highest BCUT2D eigenvalue weighted by atomic mass is 16.5. The lowest BCUT2D eigenvalue weighted by atomic mass is 10.1. The zero-order valence-electron chi connectivity index (χ0n) is 21.2. The summed E-state index contributed by atoms with van der Waals surface area (Å²) in [5, 5.41) is 30.3. The van der Waals surface area contributed by atoms with Crippen LogP contribution >= 0.6 is 0 Å². The van der Waals surface area contributed by atoms with Crippen LogP contribution in [0.15, 0.2) is 36.4 Å². The van der Waals surface area contributed by atoms with Crippen LogP contribution in [-0.4, -0.2) is 132 Å². The van der Waals surface area contributed by atoms with Gasteiger partial charge in [-0.05, 0) is 22.9 Å². The molecule has 0 saturated carbocycles. The van der Waals surface area contributed by atoms with Gasteiger partial charge in [0.2, 0.25) is 0 Å². The van der Waals surface area contributed by atoms with E-state index in [1.54, 1.807) is 12.0 Å². The van der Waals surface area contributed by atoms with E-state index in [0.717, 1.165) is 22.1 Å². The third-order valence-corrected chi connectivity index (χ3v) is 6.55. The minimum Gasteiger partial charge on any atom is -0.496 e. The molecule has 11 heteroatoms. The van der Waals surface area contributed by atoms with Gasteiger partial charge in [0, 0.05) is 64.5 Å². The first-order chi connectivity index (χ1) is 17.7. The lowest BCUT2D eigenvalue weighted by molar-refractivity contribution is -0.140. The number of methoxy groups -OCH3 is 1. The van der Waals surface area contributed by atoms with Gasteiger partial charge in [0.25, 0.3) is 0 Å². The SMILES string of the molecule is COc1cc2ccccc2cc1CN1CCN(CC(=O)O)CCN(CC(=O)O)CCN(CC(=O)O)CC1. The lowest BCUT2D eigenvalue weighted by Crippen LogP contribution is -2.48. The number of ether oxygens (including phenoxy) is 1. The number of benzene rings is 2. The summed E-state index contributed by atoms with van der Waals surface area (Å²) in [6, 6.07) is 12.1. The molecular weight excluding hydrogens is 480 g/mol. The molecule has 0 aromatic heterocycles. The number of hydrogen-bond donors (Lipinski definition) is 3. The summed E-state index contributed by atoms with van der Waals surface area (Å²) in [7, 11) is 1.63. The standard InChI is InChI=1S/C26H36N4O7/c1-37-23-15-21-5-3-2-4-20(21)14-22(23)16-27-6-8-28(17-24(31)32)10-12-30(19-26(35)36)13-11-29(9-7-27)18-25(33)34/h2-5,14-15H,6-13,16-19H2,1H3,(H,31,32)(H,33,34)(H,35,36). The van der Waals surface area contributed by atoms with Crippen LogP contribution < -0.4 is 4.74 Å². The van der Waals surface area contributed by atoms with Crippen molar-refractivity contribution >= 4 is 28.7 Å². The molecule has 2 aromatic rings. The van der Waals surface area contributed by atoms with E-state index in [4.69, 9.17) is 4.74 Å². The van der Waals surface area contributed by atoms with Crippen molar-refractivity contribution in [1.82, 2.24) is 19.6 Å². The van der Waals surface area contributed by atoms with Crippen molar-refractivity contribution in [2.75, 3.05) is 79.1 Å². The maximum atomic E-state index is 11.5. The first-order valence-corrected chi connectivity index (χ1v) is 12.3. The molecule has 0 spiro atoms. The fraction of sp³-hybridized carbons (Fsp3) is 0.500. The molecule has 0 atom stereocenters. The van der Waals surface area contributed by atoms with Crippen molar-refractivity contribution in [3.8, 4) is 5.75 Å². The molecule has 11 nitrogen and oxygen atoms in total. The molecule has 1 saturated heterocycles. The van der Waals surface area contributed by atoms with Crippen molar-refractivity contribution in [2.45, 2.75) is 6.54 Å². The van der Waals surface area contributed by atoms with E-state index in [0.29, 0.717) is 58.9 Å². The average molecular weight is 517 g/mol. The maximum absolute atomic E-state index is 11.5. The van der Waals surface area contributed by atoms with E-state index in [2.05, 4.69) is 11.0 Å². The summed E-state index contributed by atoms with van der Waals surface area (Å²) >= 11 is 0. The van der Waals surface area contributed by atoms with Crippen LogP contribution in [-0.2, 0) is 20.9 Å². The number of aliphatic carboxylic acids is 3. The summed E-state index contributed by atoms with van der Waals surface area (Å²) < 4.78 is 5.67. The minimum atomic E-state index is -0.975. The second-order valence-corrected chi connectivity index (χ2v) is 9.30. The Morgan fingerprint density at radius 1 is 0.676 bits per heavy atom. The number of fused-ring (bicyclic) bond motifs is 1. The van der Waals surface area contributed by atoms with Gasteiger partial charge in [-0.2, -0.15) is 0 Å². The quantitative estimate of drug-likeness (QED) is 0.437. The molecule has 1 fully saturated rings. The third kappa shape index (κ3) is 9.29. The fourth-order valence-corrected chi connectivity index (χ4v) is 4.61. The number of hydrogen-bond acceptors (Lipinski definition) is 8. The summed E-state index contributed by atoms with van der Waals surface area (Å²) in [4.78, 5) is 41.9. The molecule has 1 aliphatic rings. The van der Waals surface area contributed by atoms with Crippen molar-refractivity contribution < 1.29 is 34.4 Å². The van der Waals surface area contributed by atoms with Crippen molar-refractivity contribution in [3.63, 3.8) is 0 Å². The molecule has 0 radical (unpaired) electrons. The molecule has 0 bridgehead atoms. The van der Waals surface area contributed by atoms with Crippen LogP contribution in [0.5, 0.6) is 5.75 Å². The molecule has 202 valence electrons. The van der Waals surface area contributed by atoms with E-state index in [1.165, 1.54) is 0 Å². The second-order valence-electron chi connectivity index (χ2n) is 9.30. The molecule has 0 unspecified atom stereocenters. The van der Waals surface area contributed by atoms with Crippen LogP contribution in [0.2, 0.25) is 0 Å². The van der Waals surface area contributed by atoms with E-state index >= 15 is 0 Å². The zero-order valence-corrected chi connectivity index (χ0v) is 21.2. The minimum absolute atomic E-state index is 0.140. The molecule has 2 aromatic carbocycles. The second kappa shape index (κ2) is 13.9. The zero-order chi connectivity index (χ0) is 26.8. The first kappa shape index (κ1) is 28.3. The number of carboxylic acid groups (broad SMARTS) is 3. The van der Waals surface area contributed by atoms with Crippen molar-refractivity contribution in [1.29, 1.82) is 0 Å². The Bertz CT molecular complexity index is 1050. The molecule has 0 amide bonds. The summed E-state index contributed by atoms with van der Waals surface area (Å²) in [6.07, 6.45) is 0. The lowest BCUT2D eigenvalue weighted by Gasteiger charge is -2.33. The van der Waals surface area contributed by atoms with Gasteiger partial charge in [0.15, 0.2) is 0 Å². The summed E-state index contributed by atoms with van der Waals surface area (Å²) in [6.45, 7) is 3.70. The summed E-state index contributed by atoms with van der Waals surface area (Å²) in [5.74, 6) is -2.09. The number of carbonyl (C=O) groups is 3. The third-order valence-electron chi connectivity index (χ3n) is 6.55. The Morgan fingerprint density at radius 3 is 1.43 bits per heavy atom. The monoisotopic (exact) mass is 516 g/mol. The van der Waals surface area contributed by atoms with Crippen LogP contribution in [0.25, 0.3) is 10.8 Å². The van der Waals surface area contributed by atoms with Crippen LogP contribution in [0, 0.1) is 0 Å². The highest BCUT2D eigenvalue weighted by Gasteiger charge is 2.21. The average Bonchev–Trinajstić information content (AvgIpc) is 2.84. The van der Waals surface area contributed by atoms with E-state index in [9.17, 15) is 29.7 Å². The largest absolute Gasteiger partial charge is 0.496 e. The molecule has 0 aliphatic carbocycles. The highest BCUT2D eigenvalue weighted by Crippen LogP contribution is 2.27. The van der Waals surface area contributed by atoms with E-state index in [1.807, 2.05) is 40.1 Å². The van der Waals surface area contributed by atoms with Gasteiger partial charge >= 0.3 is 17.9 Å². The summed E-state index contributed by atoms with van der Waals surface area (Å²) in [5.41, 5.74) is 0.996. The molecule has 1 aliphatic heterocycles. The van der Waals surface area contributed by atoms with E-state index in [-0.39, 0.29) is 19.6 Å². The molecular formula is C26H36N4O7. The smallest absolute Gasteiger partial charge is 0.317 e. The number of nitrogens with zero attached hydrogens (tertiary/aromatic N) is 4. The van der Waals surface area contributed by atoms with Gasteiger partial charge in [-0.25, -0.2) is 0 Å². The molecule has 3 rings (SSSR count). The Labute approximate surface area is 216 Å². The predicted molar refractivity (Wildman–Crippen MR) is 138 cm³/mol.